The van der Waals surface area contributed by atoms with Crippen LogP contribution < -0.4 is 10.6 Å². The van der Waals surface area contributed by atoms with Gasteiger partial charge in [0.15, 0.2) is 0 Å². The molecule has 0 saturated heterocycles. The lowest BCUT2D eigenvalue weighted by Gasteiger charge is -2.23. The standard InChI is InChI=1S/C26H31N5O/c1-4-15(2)25(31-22-11-16(22)3)26(32)28-18-9-10-21-23(13-18)30-24(29-21)12-17-14-27-20-8-6-5-7-19(17)20/h5-10,13-16,22,25,27,31H,4,11-12H2,1-3H3,(H,28,32)(H,29,30)/t15-,16?,22+,25-/m0/s1. The van der Waals surface area contributed by atoms with Crippen LogP contribution in [-0.2, 0) is 11.2 Å². The highest BCUT2D eigenvalue weighted by atomic mass is 16.2. The number of rotatable bonds is 8. The van der Waals surface area contributed by atoms with Gasteiger partial charge in [-0.2, -0.15) is 0 Å². The van der Waals surface area contributed by atoms with Crippen molar-refractivity contribution in [2.24, 2.45) is 11.8 Å². The van der Waals surface area contributed by atoms with Crippen molar-refractivity contribution in [3.05, 3.63) is 60.0 Å². The summed E-state index contributed by atoms with van der Waals surface area (Å²) in [5.74, 6) is 1.89. The second kappa shape index (κ2) is 8.43. The van der Waals surface area contributed by atoms with Gasteiger partial charge in [-0.3, -0.25) is 4.79 Å². The Bertz CT molecular complexity index is 1260. The summed E-state index contributed by atoms with van der Waals surface area (Å²) in [7, 11) is 0. The molecule has 1 fully saturated rings. The Morgan fingerprint density at radius 1 is 1.22 bits per heavy atom. The van der Waals surface area contributed by atoms with E-state index in [1.807, 2.05) is 30.5 Å². The minimum atomic E-state index is -0.176. The van der Waals surface area contributed by atoms with Crippen LogP contribution in [0.5, 0.6) is 0 Å². The Hall–Kier alpha value is -3.12. The molecule has 1 aliphatic carbocycles. The molecule has 1 saturated carbocycles. The fraction of sp³-hybridized carbons (Fsp3) is 0.385. The number of aromatic nitrogens is 3. The molecule has 2 aromatic heterocycles. The molecule has 0 bridgehead atoms. The highest BCUT2D eigenvalue weighted by molar-refractivity contribution is 5.96. The second-order valence-electron chi connectivity index (χ2n) is 9.29. The zero-order valence-corrected chi connectivity index (χ0v) is 18.9. The summed E-state index contributed by atoms with van der Waals surface area (Å²) in [4.78, 5) is 24.6. The van der Waals surface area contributed by atoms with Gasteiger partial charge in [-0.25, -0.2) is 4.98 Å². The minimum Gasteiger partial charge on any atom is -0.361 e. The molecule has 4 aromatic rings. The lowest BCUT2D eigenvalue weighted by atomic mass is 9.98. The van der Waals surface area contributed by atoms with E-state index in [9.17, 15) is 4.79 Å². The number of carbonyl (C=O) groups is 1. The fourth-order valence-corrected chi connectivity index (χ4v) is 4.42. The lowest BCUT2D eigenvalue weighted by Crippen LogP contribution is -2.46. The predicted molar refractivity (Wildman–Crippen MR) is 130 cm³/mol. The number of benzene rings is 2. The van der Waals surface area contributed by atoms with Gasteiger partial charge in [0, 0.05) is 35.2 Å². The second-order valence-corrected chi connectivity index (χ2v) is 9.29. The van der Waals surface area contributed by atoms with Crippen LogP contribution in [0.2, 0.25) is 0 Å². The molecule has 0 radical (unpaired) electrons. The van der Waals surface area contributed by atoms with Gasteiger partial charge < -0.3 is 20.6 Å². The highest BCUT2D eigenvalue weighted by Crippen LogP contribution is 2.31. The molecule has 1 unspecified atom stereocenters. The SMILES string of the molecule is CC[C@H](C)[C@H](N[C@@H]1CC1C)C(=O)Nc1ccc2nc(Cc3c[nH]c4ccccc34)[nH]c2c1. The van der Waals surface area contributed by atoms with E-state index >= 15 is 0 Å². The van der Waals surface area contributed by atoms with Crippen LogP contribution in [0, 0.1) is 11.8 Å². The molecular weight excluding hydrogens is 398 g/mol. The van der Waals surface area contributed by atoms with Crippen LogP contribution in [0.25, 0.3) is 21.9 Å². The maximum atomic E-state index is 13.1. The molecule has 2 heterocycles. The van der Waals surface area contributed by atoms with Crippen molar-refractivity contribution in [3.63, 3.8) is 0 Å². The minimum absolute atomic E-state index is 0.0383. The van der Waals surface area contributed by atoms with Crippen molar-refractivity contribution in [3.8, 4) is 0 Å². The molecule has 6 nitrogen and oxygen atoms in total. The van der Waals surface area contributed by atoms with Gasteiger partial charge in [-0.05, 0) is 48.1 Å². The summed E-state index contributed by atoms with van der Waals surface area (Å²) in [5.41, 5.74) is 4.98. The van der Waals surface area contributed by atoms with E-state index in [1.165, 1.54) is 10.9 Å². The third-order valence-electron chi connectivity index (χ3n) is 6.83. The first kappa shape index (κ1) is 20.8. The topological polar surface area (TPSA) is 85.6 Å². The number of fused-ring (bicyclic) bond motifs is 2. The van der Waals surface area contributed by atoms with E-state index in [1.54, 1.807) is 0 Å². The summed E-state index contributed by atoms with van der Waals surface area (Å²) < 4.78 is 0. The number of aromatic amines is 2. The van der Waals surface area contributed by atoms with Crippen LogP contribution >= 0.6 is 0 Å². The van der Waals surface area contributed by atoms with E-state index < -0.39 is 0 Å². The Morgan fingerprint density at radius 3 is 2.81 bits per heavy atom. The Labute approximate surface area is 188 Å². The maximum Gasteiger partial charge on any atom is 0.241 e. The average molecular weight is 430 g/mol. The highest BCUT2D eigenvalue weighted by Gasteiger charge is 2.37. The molecule has 32 heavy (non-hydrogen) atoms. The first-order valence-electron chi connectivity index (χ1n) is 11.6. The molecule has 166 valence electrons. The summed E-state index contributed by atoms with van der Waals surface area (Å²) in [6, 6.07) is 14.5. The van der Waals surface area contributed by atoms with Gasteiger partial charge in [0.05, 0.1) is 17.1 Å². The molecule has 4 atom stereocenters. The van der Waals surface area contributed by atoms with Crippen molar-refractivity contribution in [2.45, 2.75) is 52.1 Å². The zero-order chi connectivity index (χ0) is 22.2. The van der Waals surface area contributed by atoms with Gasteiger partial charge in [0.2, 0.25) is 5.91 Å². The largest absolute Gasteiger partial charge is 0.361 e. The number of imidazole rings is 1. The van der Waals surface area contributed by atoms with Gasteiger partial charge in [-0.1, -0.05) is 45.4 Å². The molecule has 2 aromatic carbocycles. The third kappa shape index (κ3) is 4.15. The number of nitrogens with zero attached hydrogens (tertiary/aromatic N) is 1. The normalized spacial score (nSPS) is 19.8. The Kier molecular flexibility index (Phi) is 5.47. The molecule has 1 amide bonds. The van der Waals surface area contributed by atoms with E-state index in [0.717, 1.165) is 47.3 Å². The Morgan fingerprint density at radius 2 is 2.03 bits per heavy atom. The third-order valence-corrected chi connectivity index (χ3v) is 6.83. The van der Waals surface area contributed by atoms with Crippen molar-refractivity contribution >= 4 is 33.5 Å². The number of para-hydroxylation sites is 1. The smallest absolute Gasteiger partial charge is 0.241 e. The molecule has 5 rings (SSSR count). The van der Waals surface area contributed by atoms with E-state index in [2.05, 4.69) is 59.6 Å². The zero-order valence-electron chi connectivity index (χ0n) is 18.9. The first-order chi connectivity index (χ1) is 15.5. The van der Waals surface area contributed by atoms with Crippen LogP contribution in [0.4, 0.5) is 5.69 Å². The molecule has 6 heteroatoms. The summed E-state index contributed by atoms with van der Waals surface area (Å²) in [6.07, 6.45) is 4.88. The summed E-state index contributed by atoms with van der Waals surface area (Å²) >= 11 is 0. The van der Waals surface area contributed by atoms with Gasteiger partial charge in [0.1, 0.15) is 5.82 Å². The van der Waals surface area contributed by atoms with Crippen LogP contribution in [0.3, 0.4) is 0 Å². The monoisotopic (exact) mass is 429 g/mol. The molecule has 0 spiro atoms. The van der Waals surface area contributed by atoms with E-state index in [-0.39, 0.29) is 17.9 Å². The maximum absolute atomic E-state index is 13.1. The average Bonchev–Trinajstić information content (AvgIpc) is 3.17. The number of amides is 1. The van der Waals surface area contributed by atoms with E-state index in [0.29, 0.717) is 12.0 Å². The quantitative estimate of drug-likeness (QED) is 0.318. The number of carbonyl (C=O) groups excluding carboxylic acids is 1. The molecule has 4 N–H and O–H groups in total. The molecular formula is C26H31N5O. The van der Waals surface area contributed by atoms with Gasteiger partial charge in [0.25, 0.3) is 0 Å². The molecule has 0 aliphatic heterocycles. The Balaban J connectivity index is 1.32. The number of hydrogen-bond acceptors (Lipinski definition) is 3. The van der Waals surface area contributed by atoms with Crippen LogP contribution in [0.1, 0.15) is 45.0 Å². The van der Waals surface area contributed by atoms with Crippen molar-refractivity contribution in [1.29, 1.82) is 0 Å². The van der Waals surface area contributed by atoms with Gasteiger partial charge in [-0.15, -0.1) is 0 Å². The fourth-order valence-electron chi connectivity index (χ4n) is 4.42. The lowest BCUT2D eigenvalue weighted by molar-refractivity contribution is -0.119. The molecule has 1 aliphatic rings. The summed E-state index contributed by atoms with van der Waals surface area (Å²) in [5, 5.41) is 7.90. The number of H-pyrrole nitrogens is 2. The number of hydrogen-bond donors (Lipinski definition) is 4. The van der Waals surface area contributed by atoms with Gasteiger partial charge >= 0.3 is 0 Å². The summed E-state index contributed by atoms with van der Waals surface area (Å²) in [6.45, 7) is 6.50. The van der Waals surface area contributed by atoms with Crippen molar-refractivity contribution in [2.75, 3.05) is 5.32 Å². The van der Waals surface area contributed by atoms with Crippen LogP contribution in [-0.4, -0.2) is 32.9 Å². The van der Waals surface area contributed by atoms with Crippen LogP contribution in [0.15, 0.2) is 48.7 Å². The predicted octanol–water partition coefficient (Wildman–Crippen LogP) is 4.99. The van der Waals surface area contributed by atoms with E-state index in [4.69, 9.17) is 4.98 Å². The number of anilines is 1. The first-order valence-corrected chi connectivity index (χ1v) is 11.6. The van der Waals surface area contributed by atoms with Crippen molar-refractivity contribution in [1.82, 2.24) is 20.3 Å². The number of nitrogens with one attached hydrogen (secondary N) is 4. The van der Waals surface area contributed by atoms with Crippen molar-refractivity contribution < 1.29 is 4.79 Å².